The van der Waals surface area contributed by atoms with E-state index in [2.05, 4.69) is 29.6 Å². The maximum atomic E-state index is 9.22. The van der Waals surface area contributed by atoms with Crippen LogP contribution in [0, 0.1) is 0 Å². The lowest BCUT2D eigenvalue weighted by molar-refractivity contribution is 0.184. The van der Waals surface area contributed by atoms with Gasteiger partial charge in [0.15, 0.2) is 0 Å². The SMILES string of the molecule is C[C@@H](O)CN[C@@H]1CCc2ccccc2C1. The van der Waals surface area contributed by atoms with Crippen LogP contribution in [0.1, 0.15) is 24.5 Å². The molecule has 1 aromatic carbocycles. The maximum Gasteiger partial charge on any atom is 0.0636 e. The third-order valence-corrected chi connectivity index (χ3v) is 3.05. The van der Waals surface area contributed by atoms with Gasteiger partial charge in [0.1, 0.15) is 0 Å². The molecule has 1 aliphatic carbocycles. The van der Waals surface area contributed by atoms with E-state index in [9.17, 15) is 5.11 Å². The van der Waals surface area contributed by atoms with Gasteiger partial charge in [0.05, 0.1) is 6.10 Å². The number of aliphatic hydroxyl groups excluding tert-OH is 1. The fraction of sp³-hybridized carbons (Fsp3) is 0.538. The second kappa shape index (κ2) is 4.77. The molecule has 2 nitrogen and oxygen atoms in total. The summed E-state index contributed by atoms with van der Waals surface area (Å²) in [6.07, 6.45) is 3.20. The molecule has 0 amide bonds. The summed E-state index contributed by atoms with van der Waals surface area (Å²) in [6.45, 7) is 2.52. The van der Waals surface area contributed by atoms with Crippen molar-refractivity contribution in [2.45, 2.75) is 38.3 Å². The van der Waals surface area contributed by atoms with Gasteiger partial charge in [-0.3, -0.25) is 0 Å². The van der Waals surface area contributed by atoms with Crippen molar-refractivity contribution in [2.75, 3.05) is 6.54 Å². The van der Waals surface area contributed by atoms with Crippen molar-refractivity contribution in [3.8, 4) is 0 Å². The number of benzene rings is 1. The quantitative estimate of drug-likeness (QED) is 0.784. The average molecular weight is 205 g/mol. The number of rotatable bonds is 3. The van der Waals surface area contributed by atoms with Crippen molar-refractivity contribution < 1.29 is 5.11 Å². The van der Waals surface area contributed by atoms with Crippen LogP contribution in [-0.2, 0) is 12.8 Å². The summed E-state index contributed by atoms with van der Waals surface area (Å²) in [5, 5.41) is 12.6. The topological polar surface area (TPSA) is 32.3 Å². The van der Waals surface area contributed by atoms with Crippen LogP contribution in [0.3, 0.4) is 0 Å². The largest absolute Gasteiger partial charge is 0.392 e. The molecule has 0 spiro atoms. The molecule has 0 saturated carbocycles. The summed E-state index contributed by atoms with van der Waals surface area (Å²) in [4.78, 5) is 0. The lowest BCUT2D eigenvalue weighted by Gasteiger charge is -2.26. The number of fused-ring (bicyclic) bond motifs is 1. The van der Waals surface area contributed by atoms with E-state index in [1.54, 1.807) is 0 Å². The average Bonchev–Trinajstić information content (AvgIpc) is 2.26. The molecule has 0 bridgehead atoms. The van der Waals surface area contributed by atoms with E-state index < -0.39 is 0 Å². The molecule has 2 rings (SSSR count). The predicted molar refractivity (Wildman–Crippen MR) is 61.9 cm³/mol. The molecule has 15 heavy (non-hydrogen) atoms. The van der Waals surface area contributed by atoms with Crippen molar-refractivity contribution in [3.63, 3.8) is 0 Å². The Bertz CT molecular complexity index is 322. The summed E-state index contributed by atoms with van der Waals surface area (Å²) in [5.41, 5.74) is 2.96. The molecular formula is C13H19NO. The second-order valence-electron chi connectivity index (χ2n) is 4.47. The Labute approximate surface area is 91.3 Å². The first-order valence-corrected chi connectivity index (χ1v) is 5.74. The minimum atomic E-state index is -0.248. The van der Waals surface area contributed by atoms with Crippen molar-refractivity contribution in [2.24, 2.45) is 0 Å². The zero-order valence-electron chi connectivity index (χ0n) is 9.24. The molecule has 1 aliphatic rings. The summed E-state index contributed by atoms with van der Waals surface area (Å²) < 4.78 is 0. The predicted octanol–water partition coefficient (Wildman–Crippen LogP) is 1.51. The Morgan fingerprint density at radius 3 is 2.87 bits per heavy atom. The smallest absolute Gasteiger partial charge is 0.0636 e. The van der Waals surface area contributed by atoms with Crippen LogP contribution < -0.4 is 5.32 Å². The normalized spacial score (nSPS) is 22.1. The molecule has 82 valence electrons. The highest BCUT2D eigenvalue weighted by Gasteiger charge is 2.17. The van der Waals surface area contributed by atoms with Gasteiger partial charge < -0.3 is 10.4 Å². The van der Waals surface area contributed by atoms with Crippen molar-refractivity contribution in [3.05, 3.63) is 35.4 Å². The van der Waals surface area contributed by atoms with Gasteiger partial charge in [-0.25, -0.2) is 0 Å². The third-order valence-electron chi connectivity index (χ3n) is 3.05. The van der Waals surface area contributed by atoms with E-state index in [0.29, 0.717) is 12.6 Å². The number of aryl methyl sites for hydroxylation is 1. The van der Waals surface area contributed by atoms with Crippen LogP contribution in [0.25, 0.3) is 0 Å². The second-order valence-corrected chi connectivity index (χ2v) is 4.47. The highest BCUT2D eigenvalue weighted by molar-refractivity contribution is 5.30. The number of aliphatic hydroxyl groups is 1. The lowest BCUT2D eigenvalue weighted by atomic mass is 9.88. The Balaban J connectivity index is 1.94. The standard InChI is InChI=1S/C13H19NO/c1-10(15)9-14-13-7-6-11-4-2-3-5-12(11)8-13/h2-5,10,13-15H,6-9H2,1H3/t10-,13-/m1/s1. The highest BCUT2D eigenvalue weighted by Crippen LogP contribution is 2.20. The Hall–Kier alpha value is -0.860. The van der Waals surface area contributed by atoms with E-state index in [0.717, 1.165) is 12.8 Å². The monoisotopic (exact) mass is 205 g/mol. The van der Waals surface area contributed by atoms with Crippen LogP contribution in [0.5, 0.6) is 0 Å². The van der Waals surface area contributed by atoms with E-state index in [1.165, 1.54) is 17.5 Å². The molecule has 1 aromatic rings. The molecule has 0 aliphatic heterocycles. The number of nitrogens with one attached hydrogen (secondary N) is 1. The molecule has 0 heterocycles. The van der Waals surface area contributed by atoms with Crippen LogP contribution in [-0.4, -0.2) is 23.8 Å². The van der Waals surface area contributed by atoms with Gasteiger partial charge in [-0.05, 0) is 37.3 Å². The first-order valence-electron chi connectivity index (χ1n) is 5.74. The van der Waals surface area contributed by atoms with E-state index in [1.807, 2.05) is 6.92 Å². The number of hydrogen-bond donors (Lipinski definition) is 2. The minimum Gasteiger partial charge on any atom is -0.392 e. The van der Waals surface area contributed by atoms with Gasteiger partial charge in [0, 0.05) is 12.6 Å². The van der Waals surface area contributed by atoms with Crippen molar-refractivity contribution >= 4 is 0 Å². The molecule has 0 unspecified atom stereocenters. The Morgan fingerprint density at radius 2 is 2.13 bits per heavy atom. The molecule has 0 aromatic heterocycles. The van der Waals surface area contributed by atoms with Crippen LogP contribution >= 0.6 is 0 Å². The van der Waals surface area contributed by atoms with Crippen LogP contribution in [0.2, 0.25) is 0 Å². The molecule has 0 saturated heterocycles. The van der Waals surface area contributed by atoms with E-state index in [4.69, 9.17) is 0 Å². The first-order chi connectivity index (χ1) is 7.25. The van der Waals surface area contributed by atoms with Gasteiger partial charge in [0.2, 0.25) is 0 Å². The minimum absolute atomic E-state index is 0.248. The fourth-order valence-corrected chi connectivity index (χ4v) is 2.21. The first kappa shape index (κ1) is 10.7. The van der Waals surface area contributed by atoms with Crippen molar-refractivity contribution in [1.82, 2.24) is 5.32 Å². The van der Waals surface area contributed by atoms with Gasteiger partial charge >= 0.3 is 0 Å². The molecule has 2 heteroatoms. The lowest BCUT2D eigenvalue weighted by Crippen LogP contribution is -2.38. The van der Waals surface area contributed by atoms with Gasteiger partial charge in [-0.1, -0.05) is 24.3 Å². The Morgan fingerprint density at radius 1 is 1.40 bits per heavy atom. The van der Waals surface area contributed by atoms with E-state index in [-0.39, 0.29) is 6.10 Å². The molecule has 2 atom stereocenters. The molecule has 2 N–H and O–H groups in total. The maximum absolute atomic E-state index is 9.22. The zero-order chi connectivity index (χ0) is 10.7. The van der Waals surface area contributed by atoms with Gasteiger partial charge in [-0.2, -0.15) is 0 Å². The highest BCUT2D eigenvalue weighted by atomic mass is 16.3. The van der Waals surface area contributed by atoms with E-state index >= 15 is 0 Å². The summed E-state index contributed by atoms with van der Waals surface area (Å²) in [5.74, 6) is 0. The zero-order valence-corrected chi connectivity index (χ0v) is 9.24. The molecule has 0 radical (unpaired) electrons. The molecule has 0 fully saturated rings. The van der Waals surface area contributed by atoms with Gasteiger partial charge in [0.25, 0.3) is 0 Å². The van der Waals surface area contributed by atoms with Crippen LogP contribution in [0.4, 0.5) is 0 Å². The summed E-state index contributed by atoms with van der Waals surface area (Å²) >= 11 is 0. The third kappa shape index (κ3) is 2.80. The molecular weight excluding hydrogens is 186 g/mol. The fourth-order valence-electron chi connectivity index (χ4n) is 2.21. The number of hydrogen-bond acceptors (Lipinski definition) is 2. The summed E-state index contributed by atoms with van der Waals surface area (Å²) in [7, 11) is 0. The van der Waals surface area contributed by atoms with Crippen molar-refractivity contribution in [1.29, 1.82) is 0 Å². The van der Waals surface area contributed by atoms with Crippen LogP contribution in [0.15, 0.2) is 24.3 Å². The Kier molecular flexibility index (Phi) is 3.39. The van der Waals surface area contributed by atoms with Gasteiger partial charge in [-0.15, -0.1) is 0 Å². The summed E-state index contributed by atoms with van der Waals surface area (Å²) in [6, 6.07) is 9.19.